The summed E-state index contributed by atoms with van der Waals surface area (Å²) in [6.45, 7) is -0.471. The summed E-state index contributed by atoms with van der Waals surface area (Å²) in [5.74, 6) is -1.56. The number of carboxylic acids is 1. The number of hydrogen-bond acceptors (Lipinski definition) is 9. The molecule has 5 N–H and O–H groups in total. The number of rotatable bonds is 6. The second kappa shape index (κ2) is 7.29. The SMILES string of the molecule is O=C(O)CCC(=O)Nc1ncnc2c1ncn2[C@@H]1O[C@H](CO)[C@@H](O)[C@H]1O. The topological polar surface area (TPSA) is 180 Å². The Morgan fingerprint density at radius 2 is 1.96 bits per heavy atom. The predicted molar refractivity (Wildman–Crippen MR) is 83.8 cm³/mol. The molecule has 12 heteroatoms. The molecule has 1 aliphatic heterocycles. The summed E-state index contributed by atoms with van der Waals surface area (Å²) in [5.41, 5.74) is 0.428. The quantitative estimate of drug-likeness (QED) is 0.392. The third kappa shape index (κ3) is 3.35. The van der Waals surface area contributed by atoms with E-state index in [1.54, 1.807) is 0 Å². The van der Waals surface area contributed by atoms with Crippen molar-refractivity contribution in [2.75, 3.05) is 11.9 Å². The summed E-state index contributed by atoms with van der Waals surface area (Å²) in [7, 11) is 0. The van der Waals surface area contributed by atoms with Gasteiger partial charge in [0.2, 0.25) is 5.91 Å². The van der Waals surface area contributed by atoms with Crippen LogP contribution in [0.4, 0.5) is 5.82 Å². The maximum absolute atomic E-state index is 11.8. The molecule has 26 heavy (non-hydrogen) atoms. The van der Waals surface area contributed by atoms with Gasteiger partial charge in [0.05, 0.1) is 19.4 Å². The number of aromatic nitrogens is 4. The van der Waals surface area contributed by atoms with Crippen molar-refractivity contribution in [3.8, 4) is 0 Å². The van der Waals surface area contributed by atoms with E-state index in [1.807, 2.05) is 0 Å². The van der Waals surface area contributed by atoms with Gasteiger partial charge in [0.1, 0.15) is 24.6 Å². The number of carboxylic acid groups (broad SMARTS) is 1. The van der Waals surface area contributed by atoms with E-state index in [1.165, 1.54) is 10.9 Å². The van der Waals surface area contributed by atoms with E-state index in [-0.39, 0.29) is 29.8 Å². The molecule has 0 radical (unpaired) electrons. The van der Waals surface area contributed by atoms with Crippen LogP contribution in [0.15, 0.2) is 12.7 Å². The Kier molecular flexibility index (Phi) is 5.08. The lowest BCUT2D eigenvalue weighted by Gasteiger charge is -2.16. The fraction of sp³-hybridized carbons (Fsp3) is 0.500. The van der Waals surface area contributed by atoms with E-state index >= 15 is 0 Å². The van der Waals surface area contributed by atoms with Gasteiger partial charge in [0.15, 0.2) is 23.2 Å². The molecular weight excluding hydrogens is 350 g/mol. The molecular formula is C14H17N5O7. The Balaban J connectivity index is 1.85. The molecule has 12 nitrogen and oxygen atoms in total. The molecule has 0 spiro atoms. The van der Waals surface area contributed by atoms with E-state index < -0.39 is 43.0 Å². The van der Waals surface area contributed by atoms with Crippen LogP contribution in [0.25, 0.3) is 11.2 Å². The average molecular weight is 367 g/mol. The Morgan fingerprint density at radius 3 is 2.62 bits per heavy atom. The lowest BCUT2D eigenvalue weighted by molar-refractivity contribution is -0.138. The molecule has 3 rings (SSSR count). The molecule has 0 aromatic carbocycles. The maximum atomic E-state index is 11.8. The fourth-order valence-electron chi connectivity index (χ4n) is 2.65. The van der Waals surface area contributed by atoms with E-state index in [0.717, 1.165) is 6.33 Å². The first-order valence-corrected chi connectivity index (χ1v) is 7.74. The van der Waals surface area contributed by atoms with E-state index in [4.69, 9.17) is 9.84 Å². The van der Waals surface area contributed by atoms with Gasteiger partial charge in [0.25, 0.3) is 0 Å². The number of ether oxygens (including phenoxy) is 1. The van der Waals surface area contributed by atoms with Gasteiger partial charge >= 0.3 is 5.97 Å². The number of anilines is 1. The Hall–Kier alpha value is -2.67. The first-order chi connectivity index (χ1) is 12.4. The number of nitrogens with one attached hydrogen (secondary N) is 1. The van der Waals surface area contributed by atoms with Crippen molar-refractivity contribution in [1.29, 1.82) is 0 Å². The normalized spacial score (nSPS) is 25.5. The first kappa shape index (κ1) is 18.1. The number of aliphatic hydroxyl groups is 3. The average Bonchev–Trinajstić information content (AvgIpc) is 3.16. The van der Waals surface area contributed by atoms with Crippen molar-refractivity contribution in [2.24, 2.45) is 0 Å². The number of hydrogen-bond donors (Lipinski definition) is 5. The smallest absolute Gasteiger partial charge is 0.303 e. The predicted octanol–water partition coefficient (Wildman–Crippen LogP) is -1.76. The summed E-state index contributed by atoms with van der Waals surface area (Å²) in [6.07, 6.45) is -2.66. The highest BCUT2D eigenvalue weighted by Gasteiger charge is 2.44. The number of amides is 1. The standard InChI is InChI=1S/C14H17N5O7/c20-3-6-10(24)11(25)14(26-6)19-5-17-9-12(15-4-16-13(9)19)18-7(21)1-2-8(22)23/h4-6,10-11,14,20,24-25H,1-3H2,(H,22,23)(H,15,16,18,21)/t6-,10-,11-,14-/m1/s1. The lowest BCUT2D eigenvalue weighted by atomic mass is 10.1. The minimum Gasteiger partial charge on any atom is -0.481 e. The lowest BCUT2D eigenvalue weighted by Crippen LogP contribution is -2.33. The van der Waals surface area contributed by atoms with Gasteiger partial charge in [-0.15, -0.1) is 0 Å². The first-order valence-electron chi connectivity index (χ1n) is 7.74. The number of nitrogens with zero attached hydrogens (tertiary/aromatic N) is 4. The van der Waals surface area contributed by atoms with Crippen LogP contribution in [-0.4, -0.2) is 76.7 Å². The molecule has 2 aromatic rings. The van der Waals surface area contributed by atoms with Gasteiger partial charge in [0, 0.05) is 6.42 Å². The van der Waals surface area contributed by atoms with Gasteiger partial charge in [-0.05, 0) is 0 Å². The van der Waals surface area contributed by atoms with Crippen LogP contribution in [0.2, 0.25) is 0 Å². The van der Waals surface area contributed by atoms with Crippen molar-refractivity contribution in [3.63, 3.8) is 0 Å². The van der Waals surface area contributed by atoms with Crippen LogP contribution in [0, 0.1) is 0 Å². The second-order valence-electron chi connectivity index (χ2n) is 5.72. The zero-order chi connectivity index (χ0) is 18.8. The summed E-state index contributed by atoms with van der Waals surface area (Å²) in [6, 6.07) is 0. The van der Waals surface area contributed by atoms with Gasteiger partial charge < -0.3 is 30.5 Å². The summed E-state index contributed by atoms with van der Waals surface area (Å²) >= 11 is 0. The van der Waals surface area contributed by atoms with E-state index in [9.17, 15) is 24.9 Å². The van der Waals surface area contributed by atoms with Crippen LogP contribution in [0.1, 0.15) is 19.1 Å². The van der Waals surface area contributed by atoms with Crippen molar-refractivity contribution in [3.05, 3.63) is 12.7 Å². The molecule has 1 saturated heterocycles. The molecule has 0 saturated carbocycles. The summed E-state index contributed by atoms with van der Waals surface area (Å²) < 4.78 is 6.79. The van der Waals surface area contributed by atoms with Gasteiger partial charge in [-0.2, -0.15) is 0 Å². The largest absolute Gasteiger partial charge is 0.481 e. The Morgan fingerprint density at radius 1 is 1.19 bits per heavy atom. The number of aliphatic hydroxyl groups excluding tert-OH is 3. The maximum Gasteiger partial charge on any atom is 0.303 e. The molecule has 2 aromatic heterocycles. The van der Waals surface area contributed by atoms with Crippen molar-refractivity contribution < 1.29 is 34.8 Å². The molecule has 1 fully saturated rings. The van der Waals surface area contributed by atoms with Gasteiger partial charge in [-0.25, -0.2) is 15.0 Å². The third-order valence-electron chi connectivity index (χ3n) is 3.97. The second-order valence-corrected chi connectivity index (χ2v) is 5.72. The monoisotopic (exact) mass is 367 g/mol. The molecule has 3 heterocycles. The Bertz CT molecular complexity index is 825. The number of fused-ring (bicyclic) bond motifs is 1. The van der Waals surface area contributed by atoms with Crippen LogP contribution in [0.5, 0.6) is 0 Å². The highest BCUT2D eigenvalue weighted by molar-refractivity contribution is 5.97. The molecule has 140 valence electrons. The molecule has 1 amide bonds. The van der Waals surface area contributed by atoms with Crippen molar-refractivity contribution >= 4 is 28.9 Å². The number of carbonyl (C=O) groups excluding carboxylic acids is 1. The van der Waals surface area contributed by atoms with Crippen molar-refractivity contribution in [1.82, 2.24) is 19.5 Å². The van der Waals surface area contributed by atoms with Crippen molar-refractivity contribution in [2.45, 2.75) is 37.4 Å². The van der Waals surface area contributed by atoms with Crippen LogP contribution < -0.4 is 5.32 Å². The minimum absolute atomic E-state index is 0.0795. The molecule has 1 aliphatic rings. The van der Waals surface area contributed by atoms with E-state index in [2.05, 4.69) is 20.3 Å². The van der Waals surface area contributed by atoms with Gasteiger partial charge in [-0.1, -0.05) is 0 Å². The fourth-order valence-corrected chi connectivity index (χ4v) is 2.65. The number of imidazole rings is 1. The number of aliphatic carboxylic acids is 1. The highest BCUT2D eigenvalue weighted by Crippen LogP contribution is 2.32. The molecule has 4 atom stereocenters. The molecule has 0 unspecified atom stereocenters. The molecule has 0 bridgehead atoms. The zero-order valence-corrected chi connectivity index (χ0v) is 13.4. The van der Waals surface area contributed by atoms with Crippen LogP contribution in [0.3, 0.4) is 0 Å². The minimum atomic E-state index is -1.31. The summed E-state index contributed by atoms with van der Waals surface area (Å²) in [4.78, 5) is 34.4. The van der Waals surface area contributed by atoms with Crippen LogP contribution >= 0.6 is 0 Å². The van der Waals surface area contributed by atoms with E-state index in [0.29, 0.717) is 0 Å². The molecule has 0 aliphatic carbocycles. The summed E-state index contributed by atoms with van der Waals surface area (Å²) in [5, 5.41) is 40.3. The van der Waals surface area contributed by atoms with Gasteiger partial charge in [-0.3, -0.25) is 14.2 Å². The zero-order valence-electron chi connectivity index (χ0n) is 13.4. The third-order valence-corrected chi connectivity index (χ3v) is 3.97. The Labute approximate surface area is 146 Å². The number of carbonyl (C=O) groups is 2. The highest BCUT2D eigenvalue weighted by atomic mass is 16.6. The van der Waals surface area contributed by atoms with Crippen LogP contribution in [-0.2, 0) is 14.3 Å².